The number of aromatic nitrogens is 1. The van der Waals surface area contributed by atoms with E-state index in [0.717, 1.165) is 30.5 Å². The predicted octanol–water partition coefficient (Wildman–Crippen LogP) is 6.07. The van der Waals surface area contributed by atoms with Crippen molar-refractivity contribution < 1.29 is 40.6 Å². The van der Waals surface area contributed by atoms with Gasteiger partial charge in [0.1, 0.15) is 12.4 Å². The first-order valence-electron chi connectivity index (χ1n) is 13.2. The minimum Gasteiger partial charge on any atom is -0.493 e. The molecule has 1 unspecified atom stereocenters. The van der Waals surface area contributed by atoms with Crippen LogP contribution >= 0.6 is 11.8 Å². The second-order valence-corrected chi connectivity index (χ2v) is 11.0. The molecular formula is C29H26F6N4O3S. The number of rotatable bonds is 7. The number of methoxy groups -OCH3 is 1. The molecule has 0 radical (unpaired) electrons. The zero-order valence-electron chi connectivity index (χ0n) is 22.8. The molecule has 43 heavy (non-hydrogen) atoms. The summed E-state index contributed by atoms with van der Waals surface area (Å²) in [5.41, 5.74) is -2.56. The van der Waals surface area contributed by atoms with Gasteiger partial charge in [-0.05, 0) is 48.4 Å². The van der Waals surface area contributed by atoms with E-state index < -0.39 is 40.9 Å². The van der Waals surface area contributed by atoms with Crippen molar-refractivity contribution in [1.29, 1.82) is 0 Å². The van der Waals surface area contributed by atoms with E-state index in [0.29, 0.717) is 30.7 Å². The first-order valence-corrected chi connectivity index (χ1v) is 14.1. The monoisotopic (exact) mass is 624 g/mol. The smallest absolute Gasteiger partial charge is 0.416 e. The highest BCUT2D eigenvalue weighted by atomic mass is 32.2. The van der Waals surface area contributed by atoms with Gasteiger partial charge in [-0.25, -0.2) is 4.98 Å². The first kappa shape index (κ1) is 30.5. The number of piperazine rings is 1. The van der Waals surface area contributed by atoms with E-state index in [9.17, 15) is 31.1 Å². The number of hydrogen-bond donors (Lipinski definition) is 0. The van der Waals surface area contributed by atoms with Gasteiger partial charge in [0.15, 0.2) is 16.7 Å². The van der Waals surface area contributed by atoms with E-state index in [2.05, 4.69) is 19.8 Å². The molecule has 1 aromatic heterocycles. The highest BCUT2D eigenvalue weighted by Gasteiger charge is 2.38. The van der Waals surface area contributed by atoms with Crippen LogP contribution in [0.3, 0.4) is 0 Å². The Balaban J connectivity index is 1.20. The number of pyridine rings is 1. The molecule has 2 aliphatic rings. The number of benzene rings is 2. The number of amides is 1. The molecule has 0 saturated carbocycles. The predicted molar refractivity (Wildman–Crippen MR) is 149 cm³/mol. The number of carbonyl (C=O) groups is 1. The number of alkyl halides is 6. The van der Waals surface area contributed by atoms with Crippen LogP contribution in [0.2, 0.25) is 0 Å². The average molecular weight is 625 g/mol. The number of nitrogens with zero attached hydrogens (tertiary/aromatic N) is 4. The zero-order chi connectivity index (χ0) is 30.8. The van der Waals surface area contributed by atoms with Crippen molar-refractivity contribution >= 4 is 28.7 Å². The molecule has 1 amide bonds. The van der Waals surface area contributed by atoms with Crippen molar-refractivity contribution in [3.63, 3.8) is 0 Å². The van der Waals surface area contributed by atoms with Crippen LogP contribution in [0.15, 0.2) is 65.8 Å². The normalized spacial score (nSPS) is 17.7. The van der Waals surface area contributed by atoms with Gasteiger partial charge in [-0.1, -0.05) is 30.0 Å². The molecule has 0 bridgehead atoms. The quantitative estimate of drug-likeness (QED) is 0.296. The molecule has 2 aromatic carbocycles. The number of anilines is 1. The topological polar surface area (TPSA) is 67.3 Å². The number of carbonyl (C=O) groups excluding carboxylic acids is 1. The Kier molecular flexibility index (Phi) is 8.76. The van der Waals surface area contributed by atoms with E-state index in [-0.39, 0.29) is 23.5 Å². The second-order valence-electron chi connectivity index (χ2n) is 9.85. The Labute approximate surface area is 247 Å². The summed E-state index contributed by atoms with van der Waals surface area (Å²) in [6, 6.07) is 11.9. The number of hydrogen-bond acceptors (Lipinski definition) is 7. The minimum absolute atomic E-state index is 0.0754. The van der Waals surface area contributed by atoms with E-state index in [1.807, 2.05) is 18.2 Å². The number of aliphatic imine (C=N–C) groups is 1. The van der Waals surface area contributed by atoms with Crippen molar-refractivity contribution in [2.45, 2.75) is 30.6 Å². The molecule has 0 spiro atoms. The van der Waals surface area contributed by atoms with Gasteiger partial charge in [0.2, 0.25) is 0 Å². The Morgan fingerprint density at radius 1 is 0.907 bits per heavy atom. The van der Waals surface area contributed by atoms with Gasteiger partial charge in [0, 0.05) is 37.9 Å². The number of ether oxygens (including phenoxy) is 2. The Hall–Kier alpha value is -3.94. The maximum atomic E-state index is 13.5. The van der Waals surface area contributed by atoms with Crippen LogP contribution < -0.4 is 14.4 Å². The van der Waals surface area contributed by atoms with Crippen LogP contribution in [0.5, 0.6) is 11.5 Å². The molecule has 1 atom stereocenters. The lowest BCUT2D eigenvalue weighted by atomic mass is 10.0. The van der Waals surface area contributed by atoms with Gasteiger partial charge in [0.25, 0.3) is 5.91 Å². The lowest BCUT2D eigenvalue weighted by Gasteiger charge is -2.36. The van der Waals surface area contributed by atoms with Gasteiger partial charge in [0.05, 0.1) is 23.5 Å². The fraction of sp³-hybridized carbons (Fsp3) is 0.345. The minimum atomic E-state index is -5.01. The lowest BCUT2D eigenvalue weighted by molar-refractivity contribution is -0.143. The zero-order valence-corrected chi connectivity index (χ0v) is 23.6. The SMILES string of the molecule is COc1cc(CC2SC(N3CCN(c4ccccn4)CC3)=NC2=O)ccc1OCc1ccc(C(F)(F)F)cc1C(F)(F)F. The summed E-state index contributed by atoms with van der Waals surface area (Å²) >= 11 is 1.38. The van der Waals surface area contributed by atoms with Crippen LogP contribution in [-0.2, 0) is 30.2 Å². The second kappa shape index (κ2) is 12.3. The molecule has 1 fully saturated rings. The van der Waals surface area contributed by atoms with Gasteiger partial charge in [-0.15, -0.1) is 0 Å². The van der Waals surface area contributed by atoms with Crippen molar-refractivity contribution in [1.82, 2.24) is 9.88 Å². The summed E-state index contributed by atoms with van der Waals surface area (Å²) in [7, 11) is 1.35. The van der Waals surface area contributed by atoms with Gasteiger partial charge < -0.3 is 19.3 Å². The molecule has 14 heteroatoms. The van der Waals surface area contributed by atoms with Crippen molar-refractivity contribution in [2.24, 2.45) is 4.99 Å². The highest BCUT2D eigenvalue weighted by molar-refractivity contribution is 8.15. The van der Waals surface area contributed by atoms with Gasteiger partial charge in [-0.3, -0.25) is 4.79 Å². The Morgan fingerprint density at radius 3 is 2.30 bits per heavy atom. The van der Waals surface area contributed by atoms with Crippen LogP contribution in [-0.4, -0.2) is 59.5 Å². The van der Waals surface area contributed by atoms with E-state index in [1.54, 1.807) is 18.3 Å². The van der Waals surface area contributed by atoms with Crippen LogP contribution in [0, 0.1) is 0 Å². The molecule has 3 aromatic rings. The fourth-order valence-electron chi connectivity index (χ4n) is 4.78. The van der Waals surface area contributed by atoms with Crippen molar-refractivity contribution in [3.8, 4) is 11.5 Å². The summed E-state index contributed by atoms with van der Waals surface area (Å²) in [6.45, 7) is 2.23. The molecule has 2 aliphatic heterocycles. The number of amidine groups is 1. The molecule has 0 N–H and O–H groups in total. The lowest BCUT2D eigenvalue weighted by Crippen LogP contribution is -2.48. The third-order valence-corrected chi connectivity index (χ3v) is 8.24. The highest BCUT2D eigenvalue weighted by Crippen LogP contribution is 2.38. The summed E-state index contributed by atoms with van der Waals surface area (Å²) in [5, 5.41) is 0.210. The summed E-state index contributed by atoms with van der Waals surface area (Å²) in [4.78, 5) is 25.6. The van der Waals surface area contributed by atoms with Gasteiger partial charge in [-0.2, -0.15) is 31.3 Å². The average Bonchev–Trinajstić information content (AvgIpc) is 3.35. The molecule has 228 valence electrons. The molecular weight excluding hydrogens is 598 g/mol. The third kappa shape index (κ3) is 7.17. The van der Waals surface area contributed by atoms with Crippen LogP contribution in [0.4, 0.5) is 32.2 Å². The molecule has 1 saturated heterocycles. The maximum Gasteiger partial charge on any atom is 0.416 e. The summed E-state index contributed by atoms with van der Waals surface area (Å²) in [6.07, 6.45) is -7.85. The molecule has 3 heterocycles. The van der Waals surface area contributed by atoms with Crippen LogP contribution in [0.1, 0.15) is 22.3 Å². The van der Waals surface area contributed by atoms with E-state index in [4.69, 9.17) is 9.47 Å². The standard InChI is InChI=1S/C29H26F6N4O3S/c1-41-23-14-18(5-8-22(23)42-17-19-6-7-20(28(30,31)32)16-21(19)29(33,34)35)15-24-26(40)37-27(43-24)39-12-10-38(11-13-39)25-4-2-3-9-36-25/h2-9,14,16,24H,10-13,15,17H2,1H3. The fourth-order valence-corrected chi connectivity index (χ4v) is 5.94. The molecule has 0 aliphatic carbocycles. The molecule has 5 rings (SSSR count). The van der Waals surface area contributed by atoms with Crippen LogP contribution in [0.25, 0.3) is 0 Å². The van der Waals surface area contributed by atoms with Crippen molar-refractivity contribution in [3.05, 3.63) is 83.0 Å². The van der Waals surface area contributed by atoms with E-state index >= 15 is 0 Å². The Bertz CT molecular complexity index is 1490. The first-order chi connectivity index (χ1) is 20.4. The maximum absolute atomic E-state index is 13.5. The Morgan fingerprint density at radius 2 is 1.65 bits per heavy atom. The number of halogens is 6. The van der Waals surface area contributed by atoms with Gasteiger partial charge >= 0.3 is 12.4 Å². The van der Waals surface area contributed by atoms with Crippen molar-refractivity contribution in [2.75, 3.05) is 38.2 Å². The van der Waals surface area contributed by atoms with E-state index in [1.165, 1.54) is 24.9 Å². The number of thioether (sulfide) groups is 1. The molecule has 7 nitrogen and oxygen atoms in total. The summed E-state index contributed by atoms with van der Waals surface area (Å²) < 4.78 is 90.4. The summed E-state index contributed by atoms with van der Waals surface area (Å²) in [5.74, 6) is 0.958. The third-order valence-electron chi connectivity index (χ3n) is 7.03. The largest absolute Gasteiger partial charge is 0.493 e.